The van der Waals surface area contributed by atoms with Gasteiger partial charge in [0.15, 0.2) is 17.4 Å². The van der Waals surface area contributed by atoms with Crippen LogP contribution in [0.5, 0.6) is 5.75 Å². The molecule has 1 aromatic carbocycles. The molecule has 9 nitrogen and oxygen atoms in total. The van der Waals surface area contributed by atoms with Crippen LogP contribution in [0, 0.1) is 12.3 Å². The number of aromatic hydroxyl groups is 1. The molecule has 0 spiro atoms. The topological polar surface area (TPSA) is 124 Å². The Bertz CT molecular complexity index is 1140. The Balaban J connectivity index is 1.57. The van der Waals surface area contributed by atoms with Crippen molar-refractivity contribution in [1.82, 2.24) is 13.6 Å². The molecule has 0 bridgehead atoms. The second-order valence-electron chi connectivity index (χ2n) is 9.37. The minimum Gasteiger partial charge on any atom is -0.505 e. The number of furan rings is 1. The van der Waals surface area contributed by atoms with Gasteiger partial charge in [0.1, 0.15) is 11.5 Å². The van der Waals surface area contributed by atoms with E-state index in [9.17, 15) is 15.0 Å². The maximum absolute atomic E-state index is 12.8. The molecule has 2 atom stereocenters. The number of carbonyl (C=O) groups is 1. The summed E-state index contributed by atoms with van der Waals surface area (Å²) in [5, 5.41) is 27.1. The van der Waals surface area contributed by atoms with E-state index in [2.05, 4.69) is 40.2 Å². The van der Waals surface area contributed by atoms with Gasteiger partial charge in [-0.05, 0) is 43.0 Å². The zero-order chi connectivity index (χ0) is 23.8. The summed E-state index contributed by atoms with van der Waals surface area (Å²) in [6.45, 7) is 8.94. The standard InChI is InChI=1S/C23H29N5O4S/c1-13-8-9-17(32-13)19(23(2,3)4)25-21-20(26-33-27-21)24-16-7-5-6-15(18(16)30)22(31)28-11-10-14(29)12-28/h5-9,14,19,29-30H,10-12H2,1-4H3,(H,24,26)(H,25,27)/t14-,19+/m1/s1. The zero-order valence-corrected chi connectivity index (χ0v) is 19.9. The van der Waals surface area contributed by atoms with Crippen molar-refractivity contribution in [2.45, 2.75) is 46.3 Å². The first-order chi connectivity index (χ1) is 15.6. The highest BCUT2D eigenvalue weighted by atomic mass is 32.1. The SMILES string of the molecule is Cc1ccc([C@H](Nc2nsnc2Nc2cccc(C(=O)N3CC[C@@H](O)C3)c2O)C(C)(C)C)o1. The molecule has 0 radical (unpaired) electrons. The van der Waals surface area contributed by atoms with Crippen LogP contribution in [-0.4, -0.2) is 49.0 Å². The number of hydrogen-bond donors (Lipinski definition) is 4. The fourth-order valence-corrected chi connectivity index (χ4v) is 4.34. The van der Waals surface area contributed by atoms with Crippen LogP contribution in [0.1, 0.15) is 55.1 Å². The summed E-state index contributed by atoms with van der Waals surface area (Å²) in [7, 11) is 0. The molecule has 10 heteroatoms. The van der Waals surface area contributed by atoms with Gasteiger partial charge in [-0.3, -0.25) is 4.79 Å². The maximum Gasteiger partial charge on any atom is 0.257 e. The highest BCUT2D eigenvalue weighted by molar-refractivity contribution is 6.99. The van der Waals surface area contributed by atoms with Crippen molar-refractivity contribution in [3.63, 3.8) is 0 Å². The largest absolute Gasteiger partial charge is 0.505 e. The first-order valence-corrected chi connectivity index (χ1v) is 11.6. The fraction of sp³-hybridized carbons (Fsp3) is 0.435. The third-order valence-electron chi connectivity index (χ3n) is 5.65. The van der Waals surface area contributed by atoms with Gasteiger partial charge < -0.3 is 30.2 Å². The van der Waals surface area contributed by atoms with Gasteiger partial charge in [0, 0.05) is 13.1 Å². The lowest BCUT2D eigenvalue weighted by Crippen LogP contribution is -2.29. The molecule has 1 aliphatic rings. The smallest absolute Gasteiger partial charge is 0.257 e. The number of phenols is 1. The number of benzene rings is 1. The number of β-amino-alcohol motifs (C(OH)–C–C–N with tert-alkyl or cyclic N) is 1. The normalized spacial score (nSPS) is 17.2. The molecule has 3 heterocycles. The number of anilines is 3. The van der Waals surface area contributed by atoms with Crippen LogP contribution in [0.15, 0.2) is 34.7 Å². The van der Waals surface area contributed by atoms with Gasteiger partial charge in [-0.25, -0.2) is 0 Å². The van der Waals surface area contributed by atoms with Crippen molar-refractivity contribution >= 4 is 35.0 Å². The Labute approximate surface area is 196 Å². The molecular formula is C23H29N5O4S. The summed E-state index contributed by atoms with van der Waals surface area (Å²) in [6, 6.07) is 8.64. The van der Waals surface area contributed by atoms with Gasteiger partial charge in [-0.15, -0.1) is 0 Å². The molecule has 0 aliphatic carbocycles. The molecule has 2 aromatic heterocycles. The molecule has 4 rings (SSSR count). The number of para-hydroxylation sites is 1. The van der Waals surface area contributed by atoms with Crippen molar-refractivity contribution in [3.8, 4) is 5.75 Å². The van der Waals surface area contributed by atoms with E-state index >= 15 is 0 Å². The summed E-state index contributed by atoms with van der Waals surface area (Å²) in [6.07, 6.45) is 0.00880. The third-order valence-corrected chi connectivity index (χ3v) is 6.18. The quantitative estimate of drug-likeness (QED) is 0.393. The average molecular weight is 472 g/mol. The Morgan fingerprint density at radius 1 is 1.24 bits per heavy atom. The first kappa shape index (κ1) is 23.1. The van der Waals surface area contributed by atoms with Crippen molar-refractivity contribution in [3.05, 3.63) is 47.4 Å². The number of aromatic nitrogens is 2. The number of aryl methyl sites for hydroxylation is 1. The summed E-state index contributed by atoms with van der Waals surface area (Å²) < 4.78 is 14.6. The highest BCUT2D eigenvalue weighted by Crippen LogP contribution is 2.39. The molecule has 0 saturated carbocycles. The average Bonchev–Trinajstić information content (AvgIpc) is 3.48. The van der Waals surface area contributed by atoms with Crippen molar-refractivity contribution < 1.29 is 19.4 Å². The van der Waals surface area contributed by atoms with Gasteiger partial charge in [0.2, 0.25) is 0 Å². The number of aliphatic hydroxyl groups excluding tert-OH is 1. The van der Waals surface area contributed by atoms with Gasteiger partial charge in [0.05, 0.1) is 35.1 Å². The fourth-order valence-electron chi connectivity index (χ4n) is 3.87. The van der Waals surface area contributed by atoms with Crippen molar-refractivity contribution in [2.24, 2.45) is 5.41 Å². The molecule has 33 heavy (non-hydrogen) atoms. The van der Waals surface area contributed by atoms with E-state index < -0.39 is 6.10 Å². The lowest BCUT2D eigenvalue weighted by molar-refractivity contribution is 0.0762. The second-order valence-corrected chi connectivity index (χ2v) is 9.90. The van der Waals surface area contributed by atoms with Crippen LogP contribution < -0.4 is 10.6 Å². The summed E-state index contributed by atoms with van der Waals surface area (Å²) in [4.78, 5) is 14.4. The van der Waals surface area contributed by atoms with Crippen molar-refractivity contribution in [1.29, 1.82) is 0 Å². The Kier molecular flexibility index (Phi) is 6.31. The van der Waals surface area contributed by atoms with Crippen LogP contribution in [-0.2, 0) is 0 Å². The van der Waals surface area contributed by atoms with Crippen LogP contribution in [0.4, 0.5) is 17.3 Å². The van der Waals surface area contributed by atoms with E-state index in [1.807, 2.05) is 19.1 Å². The summed E-state index contributed by atoms with van der Waals surface area (Å²) in [5.74, 6) is 2.09. The summed E-state index contributed by atoms with van der Waals surface area (Å²) >= 11 is 1.04. The number of likely N-dealkylation sites (tertiary alicyclic amines) is 1. The lowest BCUT2D eigenvalue weighted by Gasteiger charge is -2.30. The highest BCUT2D eigenvalue weighted by Gasteiger charge is 2.31. The lowest BCUT2D eigenvalue weighted by atomic mass is 9.85. The van der Waals surface area contributed by atoms with Gasteiger partial charge in [-0.1, -0.05) is 26.8 Å². The number of nitrogens with one attached hydrogen (secondary N) is 2. The number of phenolic OH excluding ortho intramolecular Hbond substituents is 1. The molecule has 1 fully saturated rings. The Morgan fingerprint density at radius 3 is 2.64 bits per heavy atom. The van der Waals surface area contributed by atoms with E-state index in [1.165, 1.54) is 0 Å². The predicted octanol–water partition coefficient (Wildman–Crippen LogP) is 4.29. The molecule has 1 amide bonds. The minimum absolute atomic E-state index is 0.168. The van der Waals surface area contributed by atoms with E-state index in [4.69, 9.17) is 4.42 Å². The second kappa shape index (κ2) is 9.03. The number of rotatable bonds is 6. The monoisotopic (exact) mass is 471 g/mol. The van der Waals surface area contributed by atoms with Gasteiger partial charge in [-0.2, -0.15) is 8.75 Å². The molecule has 1 saturated heterocycles. The van der Waals surface area contributed by atoms with E-state index in [-0.39, 0.29) is 35.2 Å². The Hall–Kier alpha value is -3.11. The molecule has 1 aliphatic heterocycles. The van der Waals surface area contributed by atoms with Crippen LogP contribution in [0.3, 0.4) is 0 Å². The van der Waals surface area contributed by atoms with Crippen LogP contribution >= 0.6 is 11.7 Å². The summed E-state index contributed by atoms with van der Waals surface area (Å²) in [5.41, 5.74) is 0.336. The molecular weight excluding hydrogens is 442 g/mol. The number of amides is 1. The van der Waals surface area contributed by atoms with Crippen molar-refractivity contribution in [2.75, 3.05) is 23.7 Å². The van der Waals surface area contributed by atoms with E-state index in [0.717, 1.165) is 23.2 Å². The van der Waals surface area contributed by atoms with Crippen LogP contribution in [0.2, 0.25) is 0 Å². The van der Waals surface area contributed by atoms with Crippen LogP contribution in [0.25, 0.3) is 0 Å². The zero-order valence-electron chi connectivity index (χ0n) is 19.1. The maximum atomic E-state index is 12.8. The molecule has 0 unspecified atom stereocenters. The number of nitrogens with zero attached hydrogens (tertiary/aromatic N) is 3. The first-order valence-electron chi connectivity index (χ1n) is 10.8. The molecule has 3 aromatic rings. The predicted molar refractivity (Wildman–Crippen MR) is 127 cm³/mol. The number of hydrogen-bond acceptors (Lipinski definition) is 9. The van der Waals surface area contributed by atoms with Gasteiger partial charge >= 0.3 is 0 Å². The molecule has 4 N–H and O–H groups in total. The molecule has 176 valence electrons. The third kappa shape index (κ3) is 4.96. The van der Waals surface area contributed by atoms with E-state index in [0.29, 0.717) is 30.3 Å². The Morgan fingerprint density at radius 2 is 2.00 bits per heavy atom. The van der Waals surface area contributed by atoms with Gasteiger partial charge in [0.25, 0.3) is 5.91 Å². The minimum atomic E-state index is -0.527. The number of aliphatic hydroxyl groups is 1. The van der Waals surface area contributed by atoms with E-state index in [1.54, 1.807) is 23.1 Å². The number of carbonyl (C=O) groups excluding carboxylic acids is 1.